The normalized spacial score (nSPS) is 14.7. The molecule has 29 heavy (non-hydrogen) atoms. The van der Waals surface area contributed by atoms with Crippen LogP contribution >= 0.6 is 0 Å². The van der Waals surface area contributed by atoms with E-state index in [4.69, 9.17) is 14.9 Å². The minimum absolute atomic E-state index is 0.250. The van der Waals surface area contributed by atoms with Gasteiger partial charge >= 0.3 is 0 Å². The lowest BCUT2D eigenvalue weighted by atomic mass is 10.1. The van der Waals surface area contributed by atoms with E-state index in [9.17, 15) is 0 Å². The number of carbonyl (C=O) groups is 1. The first-order valence-electron chi connectivity index (χ1n) is 10.1. The number of hydrogen-bond donors (Lipinski definition) is 1. The highest BCUT2D eigenvalue weighted by molar-refractivity contribution is 5.81. The number of para-hydroxylation sites is 2. The van der Waals surface area contributed by atoms with Crippen LogP contribution in [-0.4, -0.2) is 58.8 Å². The van der Waals surface area contributed by atoms with Crippen molar-refractivity contribution < 1.29 is 9.90 Å². The average molecular weight is 395 g/mol. The molecular formula is C23H30N4O2. The topological polar surface area (TPSA) is 61.6 Å². The number of rotatable bonds is 4. The molecule has 6 heteroatoms. The van der Waals surface area contributed by atoms with Crippen LogP contribution in [0.25, 0.3) is 22.4 Å². The van der Waals surface area contributed by atoms with Crippen LogP contribution in [0.2, 0.25) is 0 Å². The van der Waals surface area contributed by atoms with Crippen molar-refractivity contribution in [2.75, 3.05) is 37.6 Å². The quantitative estimate of drug-likeness (QED) is 0.684. The molecule has 0 aliphatic carbocycles. The maximum absolute atomic E-state index is 8.36. The Kier molecular flexibility index (Phi) is 6.88. The molecule has 1 aliphatic rings. The first kappa shape index (κ1) is 20.9. The first-order valence-corrected chi connectivity index (χ1v) is 10.1. The van der Waals surface area contributed by atoms with Crippen molar-refractivity contribution >= 4 is 23.2 Å². The van der Waals surface area contributed by atoms with Crippen LogP contribution in [-0.2, 0) is 11.8 Å². The van der Waals surface area contributed by atoms with E-state index in [1.54, 1.807) is 0 Å². The number of aromatic nitrogens is 2. The lowest BCUT2D eigenvalue weighted by molar-refractivity contribution is -0.122. The van der Waals surface area contributed by atoms with Gasteiger partial charge in [-0.15, -0.1) is 0 Å². The van der Waals surface area contributed by atoms with Crippen molar-refractivity contribution in [3.63, 3.8) is 0 Å². The van der Waals surface area contributed by atoms with Gasteiger partial charge in [0.05, 0.1) is 11.0 Å². The van der Waals surface area contributed by atoms with Crippen LogP contribution in [0.1, 0.15) is 13.8 Å². The second-order valence-corrected chi connectivity index (χ2v) is 7.82. The van der Waals surface area contributed by atoms with Crippen molar-refractivity contribution in [1.29, 1.82) is 0 Å². The summed E-state index contributed by atoms with van der Waals surface area (Å²) in [6, 6.07) is 17.2. The molecule has 1 N–H and O–H groups in total. The van der Waals surface area contributed by atoms with Gasteiger partial charge in [-0.05, 0) is 30.2 Å². The van der Waals surface area contributed by atoms with Gasteiger partial charge in [-0.25, -0.2) is 4.98 Å². The van der Waals surface area contributed by atoms with E-state index >= 15 is 0 Å². The van der Waals surface area contributed by atoms with Gasteiger partial charge in [-0.2, -0.15) is 0 Å². The minimum atomic E-state index is -0.250. The van der Waals surface area contributed by atoms with Crippen LogP contribution in [0, 0.1) is 5.92 Å². The summed E-state index contributed by atoms with van der Waals surface area (Å²) in [6.45, 7) is 10.0. The molecule has 1 saturated heterocycles. The predicted molar refractivity (Wildman–Crippen MR) is 118 cm³/mol. The van der Waals surface area contributed by atoms with Gasteiger partial charge in [-0.1, -0.05) is 38.1 Å². The van der Waals surface area contributed by atoms with E-state index < -0.39 is 0 Å². The number of anilines is 1. The fourth-order valence-electron chi connectivity index (χ4n) is 3.95. The second-order valence-electron chi connectivity index (χ2n) is 7.82. The lowest BCUT2D eigenvalue weighted by Crippen LogP contribution is -2.47. The first-order chi connectivity index (χ1) is 14.0. The number of piperazine rings is 1. The highest BCUT2D eigenvalue weighted by Crippen LogP contribution is 2.27. The zero-order valence-electron chi connectivity index (χ0n) is 17.5. The molecule has 1 aromatic heterocycles. The molecule has 0 radical (unpaired) electrons. The molecule has 0 unspecified atom stereocenters. The van der Waals surface area contributed by atoms with Gasteiger partial charge in [-0.3, -0.25) is 9.69 Å². The van der Waals surface area contributed by atoms with Gasteiger partial charge in [0.1, 0.15) is 5.82 Å². The van der Waals surface area contributed by atoms with Gasteiger partial charge < -0.3 is 14.6 Å². The van der Waals surface area contributed by atoms with E-state index in [2.05, 4.69) is 77.7 Å². The largest absolute Gasteiger partial charge is 0.483 e. The molecule has 154 valence electrons. The maximum Gasteiger partial charge on any atom is 0.290 e. The van der Waals surface area contributed by atoms with Gasteiger partial charge in [0.25, 0.3) is 6.47 Å². The summed E-state index contributed by atoms with van der Waals surface area (Å²) in [6.07, 6.45) is 0. The Morgan fingerprint density at radius 2 is 1.76 bits per heavy atom. The SMILES string of the molecule is CC(C)CN1CCN(c2cccc(-c3nc4ccccc4n3C)c2)CC1.O=CO. The molecule has 2 heterocycles. The maximum atomic E-state index is 8.36. The summed E-state index contributed by atoms with van der Waals surface area (Å²) in [4.78, 5) is 18.3. The van der Waals surface area contributed by atoms with Crippen LogP contribution in [0.5, 0.6) is 0 Å². The zero-order valence-corrected chi connectivity index (χ0v) is 17.5. The Morgan fingerprint density at radius 1 is 1.07 bits per heavy atom. The average Bonchev–Trinajstić information content (AvgIpc) is 3.06. The number of nitrogens with zero attached hydrogens (tertiary/aromatic N) is 4. The molecule has 4 rings (SSSR count). The van der Waals surface area contributed by atoms with Crippen LogP contribution in [0.3, 0.4) is 0 Å². The molecular weight excluding hydrogens is 364 g/mol. The molecule has 0 spiro atoms. The molecule has 0 amide bonds. The number of carboxylic acid groups (broad SMARTS) is 1. The fourth-order valence-corrected chi connectivity index (χ4v) is 3.95. The van der Waals surface area contributed by atoms with Crippen molar-refractivity contribution in [2.45, 2.75) is 13.8 Å². The Morgan fingerprint density at radius 3 is 2.41 bits per heavy atom. The fraction of sp³-hybridized carbons (Fsp3) is 0.391. The van der Waals surface area contributed by atoms with E-state index in [1.807, 2.05) is 6.07 Å². The van der Waals surface area contributed by atoms with Crippen LogP contribution in [0.15, 0.2) is 48.5 Å². The Bertz CT molecular complexity index is 943. The Balaban J connectivity index is 0.000000755. The second kappa shape index (κ2) is 9.56. The monoisotopic (exact) mass is 394 g/mol. The highest BCUT2D eigenvalue weighted by atomic mass is 16.3. The third-order valence-electron chi connectivity index (χ3n) is 5.25. The molecule has 1 aliphatic heterocycles. The van der Waals surface area contributed by atoms with Crippen LogP contribution < -0.4 is 4.90 Å². The summed E-state index contributed by atoms with van der Waals surface area (Å²) in [5.74, 6) is 1.77. The summed E-state index contributed by atoms with van der Waals surface area (Å²) in [5, 5.41) is 6.89. The third-order valence-corrected chi connectivity index (χ3v) is 5.25. The number of imidazole rings is 1. The Labute approximate surface area is 172 Å². The smallest absolute Gasteiger partial charge is 0.290 e. The number of fused-ring (bicyclic) bond motifs is 1. The Hall–Kier alpha value is -2.86. The molecule has 1 fully saturated rings. The van der Waals surface area contributed by atoms with Crippen molar-refractivity contribution in [3.8, 4) is 11.4 Å². The van der Waals surface area contributed by atoms with E-state index in [0.717, 1.165) is 43.4 Å². The highest BCUT2D eigenvalue weighted by Gasteiger charge is 2.18. The number of aryl methyl sites for hydroxylation is 1. The number of benzene rings is 2. The van der Waals surface area contributed by atoms with Gasteiger partial charge in [0, 0.05) is 51.0 Å². The molecule has 3 aromatic rings. The molecule has 2 aromatic carbocycles. The number of hydrogen-bond acceptors (Lipinski definition) is 4. The summed E-state index contributed by atoms with van der Waals surface area (Å²) in [5.41, 5.74) is 4.72. The zero-order chi connectivity index (χ0) is 20.8. The molecule has 0 atom stereocenters. The third kappa shape index (κ3) is 4.95. The molecule has 6 nitrogen and oxygen atoms in total. The summed E-state index contributed by atoms with van der Waals surface area (Å²) in [7, 11) is 2.10. The van der Waals surface area contributed by atoms with E-state index in [1.165, 1.54) is 23.3 Å². The van der Waals surface area contributed by atoms with E-state index in [0.29, 0.717) is 0 Å². The van der Waals surface area contributed by atoms with Crippen LogP contribution in [0.4, 0.5) is 5.69 Å². The minimum Gasteiger partial charge on any atom is -0.483 e. The standard InChI is InChI=1S/C22H28N4.CH2O2/c1-17(2)16-25-11-13-26(14-12-25)19-8-6-7-18(15-19)22-23-20-9-4-5-10-21(20)24(22)3;2-1-3/h4-10,15,17H,11-14,16H2,1-3H3;1H,(H,2,3). The van der Waals surface area contributed by atoms with Gasteiger partial charge in [0.15, 0.2) is 0 Å². The predicted octanol–water partition coefficient (Wildman–Crippen LogP) is 3.72. The van der Waals surface area contributed by atoms with Crippen molar-refractivity contribution in [3.05, 3.63) is 48.5 Å². The summed E-state index contributed by atoms with van der Waals surface area (Å²) >= 11 is 0. The molecule has 0 saturated carbocycles. The summed E-state index contributed by atoms with van der Waals surface area (Å²) < 4.78 is 2.19. The van der Waals surface area contributed by atoms with Gasteiger partial charge in [0.2, 0.25) is 0 Å². The molecule has 0 bridgehead atoms. The van der Waals surface area contributed by atoms with Crippen molar-refractivity contribution in [1.82, 2.24) is 14.5 Å². The van der Waals surface area contributed by atoms with E-state index in [-0.39, 0.29) is 6.47 Å². The van der Waals surface area contributed by atoms with Crippen molar-refractivity contribution in [2.24, 2.45) is 13.0 Å². The lowest BCUT2D eigenvalue weighted by Gasteiger charge is -2.37.